The van der Waals surface area contributed by atoms with Crippen LogP contribution in [0.3, 0.4) is 0 Å². The highest BCUT2D eigenvalue weighted by Gasteiger charge is 2.32. The van der Waals surface area contributed by atoms with Gasteiger partial charge >= 0.3 is 0 Å². The molecule has 3 aromatic rings. The van der Waals surface area contributed by atoms with Gasteiger partial charge in [-0.25, -0.2) is 0 Å². The van der Waals surface area contributed by atoms with Crippen LogP contribution in [0.25, 0.3) is 10.9 Å². The van der Waals surface area contributed by atoms with Crippen molar-refractivity contribution in [1.82, 2.24) is 4.98 Å². The van der Waals surface area contributed by atoms with E-state index in [1.807, 2.05) is 62.5 Å². The number of carbonyl (C=O) groups excluding carboxylic acids is 1. The summed E-state index contributed by atoms with van der Waals surface area (Å²) in [5, 5.41) is 3.95. The molecule has 0 saturated carbocycles. The predicted octanol–water partition coefficient (Wildman–Crippen LogP) is 4.10. The van der Waals surface area contributed by atoms with Crippen LogP contribution in [0.5, 0.6) is 11.5 Å². The van der Waals surface area contributed by atoms with E-state index in [9.17, 15) is 4.79 Å². The van der Waals surface area contributed by atoms with Gasteiger partial charge in [-0.3, -0.25) is 4.79 Å². The molecule has 5 nitrogen and oxygen atoms in total. The predicted molar refractivity (Wildman–Crippen MR) is 99.5 cm³/mol. The Morgan fingerprint density at radius 3 is 2.56 bits per heavy atom. The van der Waals surface area contributed by atoms with E-state index >= 15 is 0 Å². The van der Waals surface area contributed by atoms with Crippen molar-refractivity contribution in [2.24, 2.45) is 0 Å². The second-order valence-electron chi connectivity index (χ2n) is 6.39. The molecule has 3 rings (SSSR count). The van der Waals surface area contributed by atoms with E-state index in [-0.39, 0.29) is 5.91 Å². The highest BCUT2D eigenvalue weighted by atomic mass is 16.5. The maximum absolute atomic E-state index is 13.0. The first-order chi connectivity index (χ1) is 12.0. The van der Waals surface area contributed by atoms with Crippen LogP contribution < -0.4 is 14.8 Å². The van der Waals surface area contributed by atoms with E-state index in [4.69, 9.17) is 9.47 Å². The number of amides is 1. The molecule has 1 amide bonds. The molecule has 5 heteroatoms. The second kappa shape index (κ2) is 6.51. The number of aromatic amines is 1. The van der Waals surface area contributed by atoms with Gasteiger partial charge in [0.15, 0.2) is 0 Å². The molecule has 25 heavy (non-hydrogen) atoms. The summed E-state index contributed by atoms with van der Waals surface area (Å²) in [6.07, 6.45) is 1.88. The van der Waals surface area contributed by atoms with Crippen LogP contribution in [-0.2, 0) is 10.2 Å². The average Bonchev–Trinajstić information content (AvgIpc) is 3.05. The molecular weight excluding hydrogens is 316 g/mol. The number of fused-ring (bicyclic) bond motifs is 1. The molecule has 130 valence electrons. The first kappa shape index (κ1) is 16.9. The molecule has 0 unspecified atom stereocenters. The average molecular weight is 338 g/mol. The number of hydrogen-bond donors (Lipinski definition) is 2. The van der Waals surface area contributed by atoms with Crippen molar-refractivity contribution >= 4 is 22.5 Å². The number of benzene rings is 2. The Labute approximate surface area is 147 Å². The fourth-order valence-corrected chi connectivity index (χ4v) is 2.89. The zero-order valence-electron chi connectivity index (χ0n) is 14.8. The summed E-state index contributed by atoms with van der Waals surface area (Å²) in [6, 6.07) is 13.2. The van der Waals surface area contributed by atoms with Gasteiger partial charge in [0.05, 0.1) is 25.3 Å². The van der Waals surface area contributed by atoms with Crippen molar-refractivity contribution in [3.05, 3.63) is 54.2 Å². The van der Waals surface area contributed by atoms with Gasteiger partial charge in [-0.2, -0.15) is 0 Å². The third kappa shape index (κ3) is 3.05. The number of nitrogens with one attached hydrogen (secondary N) is 2. The maximum atomic E-state index is 13.0. The van der Waals surface area contributed by atoms with Gasteiger partial charge in [-0.05, 0) is 49.7 Å². The zero-order chi connectivity index (χ0) is 18.0. The molecule has 2 aromatic carbocycles. The fraction of sp³-hybridized carbons (Fsp3) is 0.250. The van der Waals surface area contributed by atoms with Crippen molar-refractivity contribution in [2.75, 3.05) is 19.5 Å². The lowest BCUT2D eigenvalue weighted by atomic mass is 9.83. The highest BCUT2D eigenvalue weighted by molar-refractivity contribution is 6.02. The second-order valence-corrected chi connectivity index (χ2v) is 6.39. The number of rotatable bonds is 5. The molecule has 0 aliphatic carbocycles. The van der Waals surface area contributed by atoms with Gasteiger partial charge in [-0.15, -0.1) is 0 Å². The number of carbonyl (C=O) groups is 1. The molecule has 0 spiro atoms. The lowest BCUT2D eigenvalue weighted by Crippen LogP contribution is -2.34. The minimum absolute atomic E-state index is 0.110. The number of H-pyrrole nitrogens is 1. The van der Waals surface area contributed by atoms with Gasteiger partial charge in [-0.1, -0.05) is 12.1 Å². The van der Waals surface area contributed by atoms with Crippen LogP contribution in [0.1, 0.15) is 19.4 Å². The van der Waals surface area contributed by atoms with Gasteiger partial charge in [0.25, 0.3) is 0 Å². The van der Waals surface area contributed by atoms with E-state index in [1.165, 1.54) is 0 Å². The molecule has 0 fully saturated rings. The summed E-state index contributed by atoms with van der Waals surface area (Å²) in [5.41, 5.74) is 1.79. The van der Waals surface area contributed by atoms with Crippen LogP contribution in [0.2, 0.25) is 0 Å². The summed E-state index contributed by atoms with van der Waals surface area (Å²) in [7, 11) is 3.22. The van der Waals surface area contributed by atoms with Crippen LogP contribution in [0.15, 0.2) is 48.7 Å². The van der Waals surface area contributed by atoms with Gasteiger partial charge in [0.2, 0.25) is 5.91 Å². The van der Waals surface area contributed by atoms with Crippen LogP contribution >= 0.6 is 0 Å². The van der Waals surface area contributed by atoms with E-state index in [0.717, 1.165) is 22.2 Å². The largest absolute Gasteiger partial charge is 0.497 e. The van der Waals surface area contributed by atoms with E-state index in [0.29, 0.717) is 11.4 Å². The number of para-hydroxylation sites is 2. The zero-order valence-corrected chi connectivity index (χ0v) is 14.8. The molecule has 0 aliphatic heterocycles. The Hall–Kier alpha value is -2.95. The third-order valence-corrected chi connectivity index (χ3v) is 4.49. The Balaban J connectivity index is 1.96. The summed E-state index contributed by atoms with van der Waals surface area (Å²) < 4.78 is 10.6. The standard InChI is InChI=1S/C20H22N2O3/c1-20(2,19(23)22-17-7-5-6-8-18(17)25-4)15-12-21-16-10-9-13(24-3)11-14(15)16/h5-12,21H,1-4H3,(H,22,23). The number of anilines is 1. The van der Waals surface area contributed by atoms with E-state index in [1.54, 1.807) is 14.2 Å². The van der Waals surface area contributed by atoms with Crippen molar-refractivity contribution in [1.29, 1.82) is 0 Å². The van der Waals surface area contributed by atoms with Crippen molar-refractivity contribution in [3.63, 3.8) is 0 Å². The summed E-state index contributed by atoms with van der Waals surface area (Å²) in [4.78, 5) is 16.2. The van der Waals surface area contributed by atoms with Gasteiger partial charge in [0, 0.05) is 17.1 Å². The van der Waals surface area contributed by atoms with Gasteiger partial charge < -0.3 is 19.8 Å². The summed E-state index contributed by atoms with van der Waals surface area (Å²) in [6.45, 7) is 3.81. The molecule has 2 N–H and O–H groups in total. The smallest absolute Gasteiger partial charge is 0.234 e. The molecule has 0 bridgehead atoms. The molecule has 0 atom stereocenters. The minimum Gasteiger partial charge on any atom is -0.497 e. The lowest BCUT2D eigenvalue weighted by molar-refractivity contribution is -0.120. The maximum Gasteiger partial charge on any atom is 0.234 e. The molecule has 0 aliphatic rings. The fourth-order valence-electron chi connectivity index (χ4n) is 2.89. The monoisotopic (exact) mass is 338 g/mol. The Morgan fingerprint density at radius 1 is 1.08 bits per heavy atom. The molecule has 1 aromatic heterocycles. The van der Waals surface area contributed by atoms with Crippen molar-refractivity contribution in [2.45, 2.75) is 19.3 Å². The highest BCUT2D eigenvalue weighted by Crippen LogP contribution is 2.34. The number of hydrogen-bond acceptors (Lipinski definition) is 3. The quantitative estimate of drug-likeness (QED) is 0.736. The first-order valence-electron chi connectivity index (χ1n) is 8.07. The van der Waals surface area contributed by atoms with Crippen molar-refractivity contribution in [3.8, 4) is 11.5 Å². The number of methoxy groups -OCH3 is 2. The Bertz CT molecular complexity index is 912. The van der Waals surface area contributed by atoms with Crippen molar-refractivity contribution < 1.29 is 14.3 Å². The number of ether oxygens (including phenoxy) is 2. The minimum atomic E-state index is -0.745. The lowest BCUT2D eigenvalue weighted by Gasteiger charge is -2.24. The molecular formula is C20H22N2O3. The third-order valence-electron chi connectivity index (χ3n) is 4.49. The van der Waals surface area contributed by atoms with E-state index < -0.39 is 5.41 Å². The Morgan fingerprint density at radius 2 is 1.84 bits per heavy atom. The summed E-state index contributed by atoms with van der Waals surface area (Å²) in [5.74, 6) is 1.28. The topological polar surface area (TPSA) is 63.4 Å². The van der Waals surface area contributed by atoms with Gasteiger partial charge in [0.1, 0.15) is 11.5 Å². The SMILES string of the molecule is COc1ccc2[nH]cc(C(C)(C)C(=O)Nc3ccccc3OC)c2c1. The van der Waals surface area contributed by atoms with Crippen LogP contribution in [0, 0.1) is 0 Å². The Kier molecular flexibility index (Phi) is 4.40. The first-order valence-corrected chi connectivity index (χ1v) is 8.07. The van der Waals surface area contributed by atoms with E-state index in [2.05, 4.69) is 10.3 Å². The molecule has 0 saturated heterocycles. The molecule has 1 heterocycles. The normalized spacial score (nSPS) is 11.4. The summed E-state index contributed by atoms with van der Waals surface area (Å²) >= 11 is 0. The molecule has 0 radical (unpaired) electrons. The number of aromatic nitrogens is 1. The van der Waals surface area contributed by atoms with Crippen LogP contribution in [-0.4, -0.2) is 25.1 Å². The van der Waals surface area contributed by atoms with Crippen LogP contribution in [0.4, 0.5) is 5.69 Å².